The van der Waals surface area contributed by atoms with Crippen molar-refractivity contribution >= 4 is 10.8 Å². The fourth-order valence-electron chi connectivity index (χ4n) is 1.16. The minimum atomic E-state index is -1.12. The Balaban J connectivity index is 2.33. The molecule has 1 atom stereocenters. The molecular formula is C11H10O2S. The SMILES string of the molecule is Cc1ccc(S(=O)c2ccoc2)cc1. The lowest BCUT2D eigenvalue weighted by Gasteiger charge is -1.98. The van der Waals surface area contributed by atoms with Crippen LogP contribution in [0, 0.1) is 6.92 Å². The monoisotopic (exact) mass is 206 g/mol. The predicted molar refractivity (Wildman–Crippen MR) is 54.6 cm³/mol. The molecule has 2 rings (SSSR count). The maximum absolute atomic E-state index is 11.9. The molecule has 1 unspecified atom stereocenters. The first kappa shape index (κ1) is 9.21. The number of aryl methyl sites for hydroxylation is 1. The molecule has 0 bridgehead atoms. The van der Waals surface area contributed by atoms with Crippen molar-refractivity contribution in [3.8, 4) is 0 Å². The zero-order chi connectivity index (χ0) is 9.97. The van der Waals surface area contributed by atoms with Gasteiger partial charge >= 0.3 is 0 Å². The highest BCUT2D eigenvalue weighted by atomic mass is 32.2. The van der Waals surface area contributed by atoms with Crippen molar-refractivity contribution in [2.75, 3.05) is 0 Å². The van der Waals surface area contributed by atoms with Gasteiger partial charge in [-0.05, 0) is 25.1 Å². The third kappa shape index (κ3) is 1.77. The maximum Gasteiger partial charge on any atom is 0.107 e. The predicted octanol–water partition coefficient (Wildman–Crippen LogP) is 2.75. The van der Waals surface area contributed by atoms with E-state index in [0.29, 0.717) is 4.90 Å². The van der Waals surface area contributed by atoms with Gasteiger partial charge in [-0.2, -0.15) is 0 Å². The van der Waals surface area contributed by atoms with Crippen LogP contribution in [0.5, 0.6) is 0 Å². The Morgan fingerprint density at radius 1 is 1.07 bits per heavy atom. The van der Waals surface area contributed by atoms with Crippen LogP contribution in [0.25, 0.3) is 0 Å². The molecule has 0 aliphatic carbocycles. The highest BCUT2D eigenvalue weighted by Gasteiger charge is 2.07. The first-order valence-electron chi connectivity index (χ1n) is 4.28. The summed E-state index contributed by atoms with van der Waals surface area (Å²) in [6.45, 7) is 2.00. The lowest BCUT2D eigenvalue weighted by atomic mass is 10.2. The summed E-state index contributed by atoms with van der Waals surface area (Å²) >= 11 is 0. The molecule has 72 valence electrons. The van der Waals surface area contributed by atoms with Crippen LogP contribution >= 0.6 is 0 Å². The van der Waals surface area contributed by atoms with Crippen LogP contribution in [-0.4, -0.2) is 4.21 Å². The molecule has 0 spiro atoms. The van der Waals surface area contributed by atoms with E-state index in [4.69, 9.17) is 4.42 Å². The van der Waals surface area contributed by atoms with Crippen molar-refractivity contribution < 1.29 is 8.63 Å². The minimum absolute atomic E-state index is 0.703. The van der Waals surface area contributed by atoms with Gasteiger partial charge < -0.3 is 4.42 Å². The van der Waals surface area contributed by atoms with E-state index in [1.54, 1.807) is 6.07 Å². The van der Waals surface area contributed by atoms with Crippen LogP contribution in [0.15, 0.2) is 57.1 Å². The van der Waals surface area contributed by atoms with Crippen molar-refractivity contribution in [2.45, 2.75) is 16.7 Å². The van der Waals surface area contributed by atoms with E-state index in [0.717, 1.165) is 10.5 Å². The second-order valence-corrected chi connectivity index (χ2v) is 4.52. The third-order valence-corrected chi connectivity index (χ3v) is 3.30. The number of furan rings is 1. The highest BCUT2D eigenvalue weighted by molar-refractivity contribution is 7.85. The number of benzene rings is 1. The second kappa shape index (κ2) is 3.80. The molecule has 3 heteroatoms. The van der Waals surface area contributed by atoms with Gasteiger partial charge in [0.05, 0.1) is 22.0 Å². The van der Waals surface area contributed by atoms with Gasteiger partial charge in [-0.25, -0.2) is 4.21 Å². The Bertz CT molecular complexity index is 429. The second-order valence-electron chi connectivity index (χ2n) is 3.04. The van der Waals surface area contributed by atoms with Crippen LogP contribution in [0.1, 0.15) is 5.56 Å². The Kier molecular flexibility index (Phi) is 2.50. The molecule has 0 fully saturated rings. The lowest BCUT2D eigenvalue weighted by Crippen LogP contribution is -1.90. The van der Waals surface area contributed by atoms with Crippen LogP contribution < -0.4 is 0 Å². The number of hydrogen-bond donors (Lipinski definition) is 0. The quantitative estimate of drug-likeness (QED) is 0.756. The average molecular weight is 206 g/mol. The van der Waals surface area contributed by atoms with Crippen molar-refractivity contribution in [2.24, 2.45) is 0 Å². The van der Waals surface area contributed by atoms with E-state index in [2.05, 4.69) is 0 Å². The largest absolute Gasteiger partial charge is 0.471 e. The van der Waals surface area contributed by atoms with Gasteiger partial charge in [-0.3, -0.25) is 0 Å². The fourth-order valence-corrected chi connectivity index (χ4v) is 2.13. The summed E-state index contributed by atoms with van der Waals surface area (Å²) in [5.41, 5.74) is 1.16. The molecule has 1 aromatic carbocycles. The summed E-state index contributed by atoms with van der Waals surface area (Å²) in [4.78, 5) is 1.51. The van der Waals surface area contributed by atoms with Gasteiger partial charge in [0, 0.05) is 4.90 Å². The molecule has 2 aromatic rings. The van der Waals surface area contributed by atoms with Gasteiger partial charge in [0.25, 0.3) is 0 Å². The molecule has 0 saturated heterocycles. The van der Waals surface area contributed by atoms with Crippen molar-refractivity contribution in [1.29, 1.82) is 0 Å². The van der Waals surface area contributed by atoms with Crippen molar-refractivity contribution in [3.63, 3.8) is 0 Å². The first-order valence-corrected chi connectivity index (χ1v) is 5.43. The van der Waals surface area contributed by atoms with E-state index in [1.807, 2.05) is 31.2 Å². The minimum Gasteiger partial charge on any atom is -0.471 e. The van der Waals surface area contributed by atoms with Crippen LogP contribution in [0.2, 0.25) is 0 Å². The molecule has 0 aliphatic rings. The Morgan fingerprint density at radius 3 is 2.36 bits per heavy atom. The molecule has 0 amide bonds. The van der Waals surface area contributed by atoms with Gasteiger partial charge in [0.2, 0.25) is 0 Å². The normalized spacial score (nSPS) is 12.6. The van der Waals surface area contributed by atoms with Gasteiger partial charge in [-0.15, -0.1) is 0 Å². The lowest BCUT2D eigenvalue weighted by molar-refractivity contribution is 0.561. The summed E-state index contributed by atoms with van der Waals surface area (Å²) in [6.07, 6.45) is 3.04. The van der Waals surface area contributed by atoms with Crippen LogP contribution in [0.3, 0.4) is 0 Å². The van der Waals surface area contributed by atoms with E-state index in [-0.39, 0.29) is 0 Å². The van der Waals surface area contributed by atoms with Gasteiger partial charge in [0.15, 0.2) is 0 Å². The van der Waals surface area contributed by atoms with Crippen LogP contribution in [-0.2, 0) is 10.8 Å². The number of hydrogen-bond acceptors (Lipinski definition) is 2. The molecule has 14 heavy (non-hydrogen) atoms. The standard InChI is InChI=1S/C11H10O2S/c1-9-2-4-10(5-3-9)14(12)11-6-7-13-8-11/h2-8H,1H3. The maximum atomic E-state index is 11.9. The summed E-state index contributed by atoms with van der Waals surface area (Å²) in [6, 6.07) is 9.37. The Morgan fingerprint density at radius 2 is 1.79 bits per heavy atom. The molecule has 2 nitrogen and oxygen atoms in total. The average Bonchev–Trinajstić information content (AvgIpc) is 2.71. The zero-order valence-corrected chi connectivity index (χ0v) is 8.58. The van der Waals surface area contributed by atoms with Crippen molar-refractivity contribution in [3.05, 3.63) is 48.4 Å². The van der Waals surface area contributed by atoms with Gasteiger partial charge in [0.1, 0.15) is 6.26 Å². The highest BCUT2D eigenvalue weighted by Crippen LogP contribution is 2.16. The van der Waals surface area contributed by atoms with Crippen molar-refractivity contribution in [1.82, 2.24) is 0 Å². The molecule has 0 N–H and O–H groups in total. The van der Waals surface area contributed by atoms with Crippen LogP contribution in [0.4, 0.5) is 0 Å². The molecule has 0 saturated carbocycles. The van der Waals surface area contributed by atoms with E-state index < -0.39 is 10.8 Å². The smallest absolute Gasteiger partial charge is 0.107 e. The van der Waals surface area contributed by atoms with E-state index in [9.17, 15) is 4.21 Å². The molecule has 1 heterocycles. The summed E-state index contributed by atoms with van der Waals surface area (Å²) in [5, 5.41) is 0. The van der Waals surface area contributed by atoms with E-state index in [1.165, 1.54) is 12.5 Å². The summed E-state index contributed by atoms with van der Waals surface area (Å²) < 4.78 is 16.8. The van der Waals surface area contributed by atoms with E-state index >= 15 is 0 Å². The Labute approximate surface area is 85.0 Å². The molecule has 0 radical (unpaired) electrons. The zero-order valence-electron chi connectivity index (χ0n) is 7.77. The number of rotatable bonds is 2. The first-order chi connectivity index (χ1) is 6.77. The molecular weight excluding hydrogens is 196 g/mol. The summed E-state index contributed by atoms with van der Waals surface area (Å²) in [7, 11) is -1.12. The summed E-state index contributed by atoms with van der Waals surface area (Å²) in [5.74, 6) is 0. The van der Waals surface area contributed by atoms with Gasteiger partial charge in [-0.1, -0.05) is 17.7 Å². The third-order valence-electron chi connectivity index (χ3n) is 1.94. The molecule has 1 aromatic heterocycles. The molecule has 0 aliphatic heterocycles. The Hall–Kier alpha value is -1.35. The fraction of sp³-hybridized carbons (Fsp3) is 0.0909. The topological polar surface area (TPSA) is 30.2 Å².